The van der Waals surface area contributed by atoms with Crippen molar-refractivity contribution in [3.63, 3.8) is 0 Å². The fourth-order valence-corrected chi connectivity index (χ4v) is 1.44. The van der Waals surface area contributed by atoms with E-state index >= 15 is 0 Å². The maximum absolute atomic E-state index is 11.4. The van der Waals surface area contributed by atoms with Crippen LogP contribution in [-0.4, -0.2) is 16.4 Å². The summed E-state index contributed by atoms with van der Waals surface area (Å²) in [5.74, 6) is -2.48. The maximum atomic E-state index is 11.4. The van der Waals surface area contributed by atoms with E-state index in [1.807, 2.05) is 0 Å². The molecule has 0 aliphatic carbocycles. The molecule has 0 saturated heterocycles. The van der Waals surface area contributed by atoms with Crippen LogP contribution in [-0.2, 0) is 10.7 Å². The van der Waals surface area contributed by atoms with Gasteiger partial charge >= 0.3 is 12.1 Å². The molecule has 0 saturated carbocycles. The molecule has 0 spiro atoms. The van der Waals surface area contributed by atoms with Crippen molar-refractivity contribution in [2.24, 2.45) is 0 Å². The maximum Gasteiger partial charge on any atom is 0.518 e. The summed E-state index contributed by atoms with van der Waals surface area (Å²) in [4.78, 5) is 11.4. The minimum absolute atomic E-state index is 0.0278. The molecule has 0 bridgehead atoms. The Kier molecular flexibility index (Phi) is 3.79. The highest BCUT2D eigenvalue weighted by atomic mass is 16.8. The summed E-state index contributed by atoms with van der Waals surface area (Å²) >= 11 is 0. The van der Waals surface area contributed by atoms with Gasteiger partial charge in [0, 0.05) is 0 Å². The number of hydrogen-bond acceptors (Lipinski definition) is 5. The summed E-state index contributed by atoms with van der Waals surface area (Å²) in [6.45, 7) is 0. The summed E-state index contributed by atoms with van der Waals surface area (Å²) in [5.41, 5.74) is 0.0278. The minimum atomic E-state index is -2.73. The first kappa shape index (κ1) is 13.1. The van der Waals surface area contributed by atoms with Gasteiger partial charge in [0.2, 0.25) is 0 Å². The highest BCUT2D eigenvalue weighted by Gasteiger charge is 2.32. The van der Waals surface area contributed by atoms with Gasteiger partial charge in [0.15, 0.2) is 0 Å². The number of benzene rings is 2. The largest absolute Gasteiger partial charge is 0.518 e. The highest BCUT2D eigenvalue weighted by molar-refractivity contribution is 5.64. The predicted molar refractivity (Wildman–Crippen MR) is 66.1 cm³/mol. The van der Waals surface area contributed by atoms with Gasteiger partial charge in [0.1, 0.15) is 5.75 Å². The zero-order valence-electron chi connectivity index (χ0n) is 9.89. The number of rotatable bonds is 3. The third-order valence-corrected chi connectivity index (χ3v) is 2.32. The molecule has 2 rings (SSSR count). The number of para-hydroxylation sites is 1. The SMILES string of the molecule is O=C(Oc1ccccc1)OC(O)(O)c1ccccc1. The lowest BCUT2D eigenvalue weighted by atomic mass is 10.2. The van der Waals surface area contributed by atoms with Crippen LogP contribution in [0, 0.1) is 0 Å². The molecule has 0 fully saturated rings. The Morgan fingerprint density at radius 1 is 0.895 bits per heavy atom. The van der Waals surface area contributed by atoms with Gasteiger partial charge in [-0.2, -0.15) is 0 Å². The Balaban J connectivity index is 2.02. The van der Waals surface area contributed by atoms with Crippen molar-refractivity contribution in [3.05, 3.63) is 66.2 Å². The smallest absolute Gasteiger partial charge is 0.395 e. The van der Waals surface area contributed by atoms with Gasteiger partial charge in [-0.15, -0.1) is 0 Å². The zero-order chi connectivity index (χ0) is 13.7. The van der Waals surface area contributed by atoms with Crippen LogP contribution in [0.2, 0.25) is 0 Å². The number of ether oxygens (including phenoxy) is 2. The molecule has 0 unspecified atom stereocenters. The molecule has 0 aromatic heterocycles. The number of aliphatic hydroxyl groups is 2. The molecule has 2 aromatic rings. The van der Waals surface area contributed by atoms with Crippen LogP contribution in [0.25, 0.3) is 0 Å². The van der Waals surface area contributed by atoms with Crippen LogP contribution in [0.15, 0.2) is 60.7 Å². The molecular weight excluding hydrogens is 248 g/mol. The van der Waals surface area contributed by atoms with Crippen LogP contribution < -0.4 is 4.74 Å². The second-order valence-electron chi connectivity index (χ2n) is 3.74. The van der Waals surface area contributed by atoms with E-state index in [2.05, 4.69) is 4.74 Å². The number of carbonyl (C=O) groups excluding carboxylic acids is 1. The fraction of sp³-hybridized carbons (Fsp3) is 0.0714. The summed E-state index contributed by atoms with van der Waals surface area (Å²) in [6.07, 6.45) is -1.21. The standard InChI is InChI=1S/C14H12O5/c15-13(18-12-9-5-2-6-10-12)19-14(16,17)11-7-3-1-4-8-11/h1-10,16-17H. The first-order valence-corrected chi connectivity index (χ1v) is 5.54. The third-order valence-electron chi connectivity index (χ3n) is 2.32. The average Bonchev–Trinajstić information content (AvgIpc) is 2.40. The summed E-state index contributed by atoms with van der Waals surface area (Å²) in [6, 6.07) is 15.9. The van der Waals surface area contributed by atoms with E-state index in [0.29, 0.717) is 0 Å². The molecule has 0 amide bonds. The average molecular weight is 260 g/mol. The number of carbonyl (C=O) groups is 1. The molecule has 2 N–H and O–H groups in total. The van der Waals surface area contributed by atoms with Gasteiger partial charge in [-0.25, -0.2) is 4.79 Å². The van der Waals surface area contributed by atoms with E-state index in [0.717, 1.165) is 0 Å². The quantitative estimate of drug-likeness (QED) is 0.501. The predicted octanol–water partition coefficient (Wildman–Crippen LogP) is 2.00. The molecule has 98 valence electrons. The van der Waals surface area contributed by atoms with Crippen molar-refractivity contribution >= 4 is 6.16 Å². The van der Waals surface area contributed by atoms with Crippen molar-refractivity contribution in [2.75, 3.05) is 0 Å². The summed E-state index contributed by atoms with van der Waals surface area (Å²) < 4.78 is 9.27. The molecule has 0 aliphatic heterocycles. The first-order chi connectivity index (χ1) is 9.08. The molecule has 0 heterocycles. The molecule has 5 heteroatoms. The van der Waals surface area contributed by atoms with Gasteiger partial charge in [0.25, 0.3) is 0 Å². The van der Waals surface area contributed by atoms with Crippen molar-refractivity contribution in [1.29, 1.82) is 0 Å². The lowest BCUT2D eigenvalue weighted by Crippen LogP contribution is -2.33. The fourth-order valence-electron chi connectivity index (χ4n) is 1.44. The minimum Gasteiger partial charge on any atom is -0.395 e. The monoisotopic (exact) mass is 260 g/mol. The van der Waals surface area contributed by atoms with Gasteiger partial charge in [-0.05, 0) is 24.3 Å². The van der Waals surface area contributed by atoms with Gasteiger partial charge in [-0.3, -0.25) is 0 Å². The Bertz CT molecular complexity index is 536. The van der Waals surface area contributed by atoms with Crippen LogP contribution in [0.4, 0.5) is 4.79 Å². The van der Waals surface area contributed by atoms with Gasteiger partial charge < -0.3 is 19.7 Å². The second kappa shape index (κ2) is 5.51. The molecule has 5 nitrogen and oxygen atoms in total. The summed E-state index contributed by atoms with van der Waals surface area (Å²) in [7, 11) is 0. The van der Waals surface area contributed by atoms with Crippen molar-refractivity contribution in [2.45, 2.75) is 5.97 Å². The molecule has 0 aliphatic rings. The van der Waals surface area contributed by atoms with E-state index in [1.54, 1.807) is 48.5 Å². The molecular formula is C14H12O5. The van der Waals surface area contributed by atoms with Crippen LogP contribution >= 0.6 is 0 Å². The van der Waals surface area contributed by atoms with E-state index < -0.39 is 12.1 Å². The normalized spacial score (nSPS) is 10.8. The van der Waals surface area contributed by atoms with Gasteiger partial charge in [-0.1, -0.05) is 36.4 Å². The Morgan fingerprint density at radius 3 is 2.00 bits per heavy atom. The zero-order valence-corrected chi connectivity index (χ0v) is 9.89. The lowest BCUT2D eigenvalue weighted by Gasteiger charge is -2.20. The topological polar surface area (TPSA) is 76.0 Å². The molecule has 0 atom stereocenters. The summed E-state index contributed by atoms with van der Waals surface area (Å²) in [5, 5.41) is 19.3. The van der Waals surface area contributed by atoms with Crippen LogP contribution in [0.3, 0.4) is 0 Å². The van der Waals surface area contributed by atoms with Gasteiger partial charge in [0.05, 0.1) is 5.56 Å². The van der Waals surface area contributed by atoms with Crippen LogP contribution in [0.5, 0.6) is 5.75 Å². The number of hydrogen-bond donors (Lipinski definition) is 2. The Morgan fingerprint density at radius 2 is 1.42 bits per heavy atom. The van der Waals surface area contributed by atoms with E-state index in [1.165, 1.54) is 12.1 Å². The highest BCUT2D eigenvalue weighted by Crippen LogP contribution is 2.20. The molecule has 19 heavy (non-hydrogen) atoms. The Labute approximate surface area is 109 Å². The van der Waals surface area contributed by atoms with E-state index in [9.17, 15) is 15.0 Å². The van der Waals surface area contributed by atoms with E-state index in [4.69, 9.17) is 4.74 Å². The lowest BCUT2D eigenvalue weighted by molar-refractivity contribution is -0.323. The van der Waals surface area contributed by atoms with Crippen LogP contribution in [0.1, 0.15) is 5.56 Å². The van der Waals surface area contributed by atoms with E-state index in [-0.39, 0.29) is 11.3 Å². The van der Waals surface area contributed by atoms with Crippen molar-refractivity contribution in [1.82, 2.24) is 0 Å². The Hall–Kier alpha value is -2.37. The first-order valence-electron chi connectivity index (χ1n) is 5.54. The van der Waals surface area contributed by atoms with Crippen molar-refractivity contribution in [3.8, 4) is 5.75 Å². The molecule has 0 radical (unpaired) electrons. The van der Waals surface area contributed by atoms with Crippen molar-refractivity contribution < 1.29 is 24.5 Å². The molecule has 2 aromatic carbocycles. The third kappa shape index (κ3) is 3.54. The second-order valence-corrected chi connectivity index (χ2v) is 3.74.